The minimum absolute atomic E-state index is 0.0697. The number of nitrogens with one attached hydrogen (secondary N) is 2. The van der Waals surface area contributed by atoms with E-state index in [4.69, 9.17) is 4.98 Å². The SMILES string of the molecule is CN(C)C(=O)c1nccc(Nc2c(N[C@@H](c3ncccc3C3CC3)C3(C)CCCC3)c(=O)c2=O)c1O. The van der Waals surface area contributed by atoms with Gasteiger partial charge in [-0.1, -0.05) is 25.8 Å². The van der Waals surface area contributed by atoms with Crippen LogP contribution in [0.15, 0.2) is 40.2 Å². The van der Waals surface area contributed by atoms with E-state index in [-0.39, 0.29) is 40.0 Å². The van der Waals surface area contributed by atoms with Gasteiger partial charge >= 0.3 is 0 Å². The molecule has 0 bridgehead atoms. The summed E-state index contributed by atoms with van der Waals surface area (Å²) in [5.74, 6) is -0.374. The van der Waals surface area contributed by atoms with Crippen molar-refractivity contribution in [2.45, 2.75) is 57.4 Å². The zero-order chi connectivity index (χ0) is 25.6. The minimum atomic E-state index is -0.673. The average Bonchev–Trinajstić information content (AvgIpc) is 3.63. The third kappa shape index (κ3) is 4.12. The van der Waals surface area contributed by atoms with Gasteiger partial charge in [-0.25, -0.2) is 4.98 Å². The van der Waals surface area contributed by atoms with E-state index in [0.717, 1.165) is 44.2 Å². The predicted molar refractivity (Wildman–Crippen MR) is 138 cm³/mol. The number of amides is 1. The van der Waals surface area contributed by atoms with E-state index < -0.39 is 16.8 Å². The van der Waals surface area contributed by atoms with Gasteiger partial charge in [0.1, 0.15) is 11.4 Å². The Hall–Kier alpha value is -3.75. The molecule has 2 aliphatic rings. The smallest absolute Gasteiger partial charge is 0.275 e. The molecule has 3 aromatic rings. The largest absolute Gasteiger partial charge is 0.504 e. The number of carbonyl (C=O) groups is 1. The Labute approximate surface area is 209 Å². The average molecular weight is 490 g/mol. The topological polar surface area (TPSA) is 125 Å². The Kier molecular flexibility index (Phi) is 6.02. The molecule has 188 valence electrons. The standard InChI is InChI=1S/C27H31N5O4/c1-27(11-4-5-12-27)25(18-16(15-8-9-15)7-6-13-28-18)31-20-19(23(34)24(20)35)30-17-10-14-29-21(22(17)33)26(36)32(2)3/h6-7,10,13-15,25,31,33H,4-5,8-9,11-12H2,1-3H3,(H,29,30)/t25-/m0/s1. The maximum absolute atomic E-state index is 12.8. The van der Waals surface area contributed by atoms with Crippen molar-refractivity contribution in [3.63, 3.8) is 0 Å². The van der Waals surface area contributed by atoms with Crippen molar-refractivity contribution < 1.29 is 9.90 Å². The Morgan fingerprint density at radius 1 is 1.08 bits per heavy atom. The van der Waals surface area contributed by atoms with E-state index in [0.29, 0.717) is 5.92 Å². The van der Waals surface area contributed by atoms with Gasteiger partial charge in [0, 0.05) is 26.5 Å². The van der Waals surface area contributed by atoms with Gasteiger partial charge in [-0.15, -0.1) is 0 Å². The van der Waals surface area contributed by atoms with Crippen LogP contribution in [-0.2, 0) is 0 Å². The summed E-state index contributed by atoms with van der Waals surface area (Å²) in [4.78, 5) is 47.8. The Bertz CT molecular complexity index is 1380. The summed E-state index contributed by atoms with van der Waals surface area (Å²) >= 11 is 0. The van der Waals surface area contributed by atoms with E-state index in [1.807, 2.05) is 6.07 Å². The molecular formula is C27H31N5O4. The fourth-order valence-corrected chi connectivity index (χ4v) is 5.31. The monoisotopic (exact) mass is 489 g/mol. The maximum Gasteiger partial charge on any atom is 0.275 e. The van der Waals surface area contributed by atoms with Crippen LogP contribution in [0.25, 0.3) is 0 Å². The highest BCUT2D eigenvalue weighted by Gasteiger charge is 2.42. The van der Waals surface area contributed by atoms with Crippen molar-refractivity contribution >= 4 is 23.0 Å². The molecule has 2 saturated carbocycles. The number of carbonyl (C=O) groups excluding carboxylic acids is 1. The highest BCUT2D eigenvalue weighted by Crippen LogP contribution is 2.52. The highest BCUT2D eigenvalue weighted by atomic mass is 16.3. The van der Waals surface area contributed by atoms with Crippen molar-refractivity contribution in [2.75, 3.05) is 24.7 Å². The molecule has 0 saturated heterocycles. The first-order valence-electron chi connectivity index (χ1n) is 12.4. The first-order valence-corrected chi connectivity index (χ1v) is 12.4. The van der Waals surface area contributed by atoms with Crippen LogP contribution in [0.4, 0.5) is 17.1 Å². The van der Waals surface area contributed by atoms with Gasteiger partial charge in [0.05, 0.1) is 17.4 Å². The lowest BCUT2D eigenvalue weighted by atomic mass is 9.77. The van der Waals surface area contributed by atoms with Gasteiger partial charge < -0.3 is 20.6 Å². The molecule has 3 N–H and O–H groups in total. The predicted octanol–water partition coefficient (Wildman–Crippen LogP) is 3.83. The molecule has 9 heteroatoms. The molecule has 2 aromatic heterocycles. The Morgan fingerprint density at radius 3 is 2.44 bits per heavy atom. The third-order valence-corrected chi connectivity index (χ3v) is 7.60. The second kappa shape index (κ2) is 9.04. The van der Waals surface area contributed by atoms with Crippen LogP contribution in [-0.4, -0.2) is 40.0 Å². The fraction of sp³-hybridized carbons (Fsp3) is 0.444. The van der Waals surface area contributed by atoms with Crippen molar-refractivity contribution in [1.82, 2.24) is 14.9 Å². The molecule has 2 aliphatic carbocycles. The molecule has 0 spiro atoms. The number of aromatic nitrogens is 2. The Morgan fingerprint density at radius 2 is 1.78 bits per heavy atom. The summed E-state index contributed by atoms with van der Waals surface area (Å²) in [6, 6.07) is 5.29. The molecule has 2 heterocycles. The number of pyridine rings is 2. The van der Waals surface area contributed by atoms with E-state index in [1.54, 1.807) is 20.3 Å². The van der Waals surface area contributed by atoms with Gasteiger partial charge in [0.15, 0.2) is 11.4 Å². The number of aromatic hydroxyl groups is 1. The fourth-order valence-electron chi connectivity index (χ4n) is 5.31. The van der Waals surface area contributed by atoms with Crippen LogP contribution in [0, 0.1) is 5.41 Å². The lowest BCUT2D eigenvalue weighted by Gasteiger charge is -2.36. The van der Waals surface area contributed by atoms with Crippen LogP contribution in [0.2, 0.25) is 0 Å². The number of hydrogen-bond donors (Lipinski definition) is 3. The minimum Gasteiger partial charge on any atom is -0.504 e. The summed E-state index contributed by atoms with van der Waals surface area (Å²) in [5, 5.41) is 17.0. The zero-order valence-electron chi connectivity index (χ0n) is 20.8. The van der Waals surface area contributed by atoms with Crippen LogP contribution in [0.5, 0.6) is 5.75 Å². The van der Waals surface area contributed by atoms with Crippen LogP contribution in [0.1, 0.15) is 79.2 Å². The third-order valence-electron chi connectivity index (χ3n) is 7.60. The first kappa shape index (κ1) is 24.0. The van der Waals surface area contributed by atoms with Crippen LogP contribution in [0.3, 0.4) is 0 Å². The van der Waals surface area contributed by atoms with E-state index in [9.17, 15) is 19.5 Å². The van der Waals surface area contributed by atoms with Crippen LogP contribution >= 0.6 is 0 Å². The maximum atomic E-state index is 12.8. The van der Waals surface area contributed by atoms with Gasteiger partial charge in [-0.05, 0) is 54.7 Å². The van der Waals surface area contributed by atoms with Crippen molar-refractivity contribution in [2.24, 2.45) is 5.41 Å². The summed E-state index contributed by atoms with van der Waals surface area (Å²) in [7, 11) is 3.11. The van der Waals surface area contributed by atoms with Crippen LogP contribution < -0.4 is 21.5 Å². The quantitative estimate of drug-likeness (QED) is 0.408. The second-order valence-electron chi connectivity index (χ2n) is 10.5. The molecule has 0 unspecified atom stereocenters. The van der Waals surface area contributed by atoms with E-state index in [2.05, 4.69) is 28.6 Å². The number of anilines is 3. The van der Waals surface area contributed by atoms with Crippen molar-refractivity contribution in [1.29, 1.82) is 0 Å². The Balaban J connectivity index is 1.51. The van der Waals surface area contributed by atoms with E-state index in [1.165, 1.54) is 22.7 Å². The van der Waals surface area contributed by atoms with Gasteiger partial charge in [0.2, 0.25) is 0 Å². The summed E-state index contributed by atoms with van der Waals surface area (Å²) in [5.41, 5.74) is 0.979. The van der Waals surface area contributed by atoms with Gasteiger partial charge in [0.25, 0.3) is 16.8 Å². The molecule has 1 amide bonds. The summed E-state index contributed by atoms with van der Waals surface area (Å²) in [6.45, 7) is 2.22. The number of hydrogen-bond acceptors (Lipinski definition) is 8. The molecular weight excluding hydrogens is 458 g/mol. The van der Waals surface area contributed by atoms with E-state index >= 15 is 0 Å². The lowest BCUT2D eigenvalue weighted by molar-refractivity contribution is 0.0819. The molecule has 0 radical (unpaired) electrons. The normalized spacial score (nSPS) is 17.6. The molecule has 36 heavy (non-hydrogen) atoms. The molecule has 9 nitrogen and oxygen atoms in total. The molecule has 1 aromatic carbocycles. The van der Waals surface area contributed by atoms with Crippen molar-refractivity contribution in [3.05, 3.63) is 68.0 Å². The molecule has 2 fully saturated rings. The zero-order valence-corrected chi connectivity index (χ0v) is 20.8. The highest BCUT2D eigenvalue weighted by molar-refractivity contribution is 5.97. The molecule has 1 atom stereocenters. The number of rotatable bonds is 8. The lowest BCUT2D eigenvalue weighted by Crippen LogP contribution is -2.40. The second-order valence-corrected chi connectivity index (χ2v) is 10.5. The molecule has 0 aliphatic heterocycles. The van der Waals surface area contributed by atoms with Gasteiger partial charge in [-0.3, -0.25) is 19.4 Å². The first-order chi connectivity index (χ1) is 17.2. The van der Waals surface area contributed by atoms with Gasteiger partial charge in [-0.2, -0.15) is 0 Å². The summed E-state index contributed by atoms with van der Waals surface area (Å²) in [6.07, 6.45) is 9.60. The number of nitrogens with zero attached hydrogens (tertiary/aromatic N) is 3. The molecule has 5 rings (SSSR count). The summed E-state index contributed by atoms with van der Waals surface area (Å²) < 4.78 is 0. The van der Waals surface area contributed by atoms with Crippen molar-refractivity contribution in [3.8, 4) is 5.75 Å².